The summed E-state index contributed by atoms with van der Waals surface area (Å²) >= 11 is 0. The minimum atomic E-state index is -1.28. The second-order valence-electron chi connectivity index (χ2n) is 11.5. The number of aryl methyl sites for hydroxylation is 1. The molecule has 12 heteroatoms. The average Bonchev–Trinajstić information content (AvgIpc) is 3.82. The van der Waals surface area contributed by atoms with Crippen LogP contribution >= 0.6 is 0 Å². The van der Waals surface area contributed by atoms with Crippen LogP contribution < -0.4 is 16.0 Å². The van der Waals surface area contributed by atoms with E-state index in [1.807, 2.05) is 72.6 Å². The maximum atomic E-state index is 12.2. The lowest BCUT2D eigenvalue weighted by Crippen LogP contribution is -2.39. The van der Waals surface area contributed by atoms with Crippen molar-refractivity contribution in [3.8, 4) is 0 Å². The smallest absolute Gasteiger partial charge is 0.307 e. The van der Waals surface area contributed by atoms with Crippen LogP contribution in [0.15, 0.2) is 71.9 Å². The summed E-state index contributed by atoms with van der Waals surface area (Å²) in [5, 5.41) is 13.5. The van der Waals surface area contributed by atoms with Gasteiger partial charge in [0.05, 0.1) is 37.2 Å². The highest BCUT2D eigenvalue weighted by Crippen LogP contribution is 2.45. The first-order chi connectivity index (χ1) is 22.8. The zero-order valence-electron chi connectivity index (χ0n) is 27.4. The summed E-state index contributed by atoms with van der Waals surface area (Å²) in [6.07, 6.45) is 4.90. The van der Waals surface area contributed by atoms with Crippen molar-refractivity contribution in [3.63, 3.8) is 0 Å². The third-order valence-corrected chi connectivity index (χ3v) is 8.19. The van der Waals surface area contributed by atoms with Crippen molar-refractivity contribution >= 4 is 34.3 Å². The molecule has 12 nitrogen and oxygen atoms in total. The lowest BCUT2D eigenvalue weighted by atomic mass is 10.0. The van der Waals surface area contributed by atoms with Crippen molar-refractivity contribution in [1.29, 1.82) is 0 Å². The molecule has 5 rings (SSSR count). The molecular formula is C35H45N7O5. The second-order valence-corrected chi connectivity index (χ2v) is 11.5. The van der Waals surface area contributed by atoms with Crippen LogP contribution in [0.3, 0.4) is 0 Å². The summed E-state index contributed by atoms with van der Waals surface area (Å²) in [4.78, 5) is 27.8. The molecule has 1 aliphatic rings. The lowest BCUT2D eigenvalue weighted by molar-refractivity contribution is -0.142. The Kier molecular flexibility index (Phi) is 11.4. The number of benzene rings is 2. The number of aliphatic hydroxyl groups is 1. The van der Waals surface area contributed by atoms with E-state index < -0.39 is 12.1 Å². The number of ether oxygens (including phenoxy) is 3. The first-order valence-electron chi connectivity index (χ1n) is 16.3. The Morgan fingerprint density at radius 2 is 1.98 bits per heavy atom. The number of fused-ring (bicyclic) bond motifs is 1. The van der Waals surface area contributed by atoms with Gasteiger partial charge in [-0.3, -0.25) is 4.79 Å². The van der Waals surface area contributed by atoms with Crippen LogP contribution in [-0.4, -0.2) is 64.2 Å². The molecule has 0 spiro atoms. The van der Waals surface area contributed by atoms with Crippen LogP contribution in [0.1, 0.15) is 62.9 Å². The van der Waals surface area contributed by atoms with Gasteiger partial charge in [0.1, 0.15) is 24.1 Å². The van der Waals surface area contributed by atoms with Crippen molar-refractivity contribution in [3.05, 3.63) is 83.8 Å². The summed E-state index contributed by atoms with van der Waals surface area (Å²) in [5.41, 5.74) is 9.72. The largest absolute Gasteiger partial charge is 0.466 e. The average molecular weight is 644 g/mol. The Hall–Kier alpha value is -4.52. The molecule has 2 unspecified atom stereocenters. The number of epoxide rings is 1. The number of carbonyl (C=O) groups excluding carboxylic acids is 1. The van der Waals surface area contributed by atoms with Crippen LogP contribution in [0.5, 0.6) is 0 Å². The van der Waals surface area contributed by atoms with Gasteiger partial charge in [-0.15, -0.1) is 0 Å². The molecule has 1 aliphatic heterocycles. The number of aliphatic imine (C=N–C) groups is 1. The molecule has 250 valence electrons. The van der Waals surface area contributed by atoms with Gasteiger partial charge in [-0.2, -0.15) is 0 Å². The number of amidine groups is 1. The Balaban J connectivity index is 1.24. The van der Waals surface area contributed by atoms with Gasteiger partial charge < -0.3 is 39.8 Å². The fourth-order valence-corrected chi connectivity index (χ4v) is 5.52. The van der Waals surface area contributed by atoms with E-state index >= 15 is 0 Å². The molecule has 4 aromatic rings. The molecule has 0 aliphatic carbocycles. The number of nitrogens with two attached hydrogens (primary N) is 1. The van der Waals surface area contributed by atoms with Crippen LogP contribution in [0.2, 0.25) is 0 Å². The van der Waals surface area contributed by atoms with Gasteiger partial charge in [-0.25, -0.2) is 15.0 Å². The molecule has 2 aromatic heterocycles. The minimum absolute atomic E-state index is 0.212. The molecule has 3 heterocycles. The predicted octanol–water partition coefficient (Wildman–Crippen LogP) is 4.80. The van der Waals surface area contributed by atoms with Gasteiger partial charge in [-0.1, -0.05) is 38.3 Å². The van der Waals surface area contributed by atoms with Crippen LogP contribution in [0.25, 0.3) is 11.0 Å². The maximum absolute atomic E-state index is 12.2. The number of pyridine rings is 1. The zero-order valence-corrected chi connectivity index (χ0v) is 27.4. The molecule has 2 aromatic carbocycles. The Morgan fingerprint density at radius 3 is 2.68 bits per heavy atom. The summed E-state index contributed by atoms with van der Waals surface area (Å²) in [6, 6.07) is 19.4. The lowest BCUT2D eigenvalue weighted by Gasteiger charge is -2.30. The van der Waals surface area contributed by atoms with Gasteiger partial charge in [0.25, 0.3) is 6.41 Å². The fourth-order valence-electron chi connectivity index (χ4n) is 5.52. The molecule has 0 radical (unpaired) electrons. The van der Waals surface area contributed by atoms with E-state index in [0.717, 1.165) is 59.6 Å². The predicted molar refractivity (Wildman–Crippen MR) is 182 cm³/mol. The molecule has 0 amide bonds. The van der Waals surface area contributed by atoms with Gasteiger partial charge in [0.2, 0.25) is 0 Å². The maximum Gasteiger partial charge on any atom is 0.307 e. The van der Waals surface area contributed by atoms with Crippen molar-refractivity contribution in [2.75, 3.05) is 36.6 Å². The standard InChI is InChI=1S/C35H45N7O5/c1-4-6-7-10-21-46-34(44)40-33(36)25-12-15-27(16-13-25)38-23-31-39-28-22-26(14-17-29(28)41(31)3)35(24-47-35)42(20-18-32(43)45-5-2)30-11-8-9-19-37-30/h8-9,11-17,19,22,34,38,44H,4-7,10,18,20-21,23-24H2,1-3H3,(H2,36,40). The summed E-state index contributed by atoms with van der Waals surface area (Å²) in [7, 11) is 1.99. The van der Waals surface area contributed by atoms with Crippen molar-refractivity contribution in [1.82, 2.24) is 14.5 Å². The van der Waals surface area contributed by atoms with E-state index in [0.29, 0.717) is 38.5 Å². The molecule has 1 saturated heterocycles. The van der Waals surface area contributed by atoms with E-state index in [1.54, 1.807) is 13.1 Å². The molecule has 4 N–H and O–H groups in total. The summed E-state index contributed by atoms with van der Waals surface area (Å²) in [5.74, 6) is 1.53. The van der Waals surface area contributed by atoms with E-state index in [1.165, 1.54) is 0 Å². The number of aromatic nitrogens is 3. The summed E-state index contributed by atoms with van der Waals surface area (Å²) in [6.45, 7) is 6.09. The monoisotopic (exact) mass is 643 g/mol. The van der Waals surface area contributed by atoms with E-state index in [4.69, 9.17) is 24.9 Å². The van der Waals surface area contributed by atoms with E-state index in [-0.39, 0.29) is 18.2 Å². The Labute approximate surface area is 275 Å². The highest BCUT2D eigenvalue weighted by molar-refractivity contribution is 5.97. The molecule has 47 heavy (non-hydrogen) atoms. The third-order valence-electron chi connectivity index (χ3n) is 8.19. The number of hydrogen-bond acceptors (Lipinski definition) is 10. The fraction of sp³-hybridized carbons (Fsp3) is 0.429. The number of nitrogens with zero attached hydrogens (tertiary/aromatic N) is 5. The summed E-state index contributed by atoms with van der Waals surface area (Å²) < 4.78 is 18.7. The van der Waals surface area contributed by atoms with Crippen molar-refractivity contribution < 1.29 is 24.1 Å². The number of esters is 1. The SMILES string of the molecule is CCCCCCOC(O)N=C(N)c1ccc(NCc2nc3cc(C4(N(CCC(=O)OCC)c5ccccn5)CO4)ccc3n2C)cc1. The minimum Gasteiger partial charge on any atom is -0.466 e. The second kappa shape index (κ2) is 15.9. The van der Waals surface area contributed by atoms with E-state index in [2.05, 4.69) is 26.8 Å². The number of carbonyl (C=O) groups is 1. The van der Waals surface area contributed by atoms with Crippen LogP contribution in [0.4, 0.5) is 11.5 Å². The van der Waals surface area contributed by atoms with Gasteiger partial charge in [0.15, 0.2) is 5.72 Å². The number of aliphatic hydroxyl groups excluding tert-OH is 1. The molecule has 0 bridgehead atoms. The highest BCUT2D eigenvalue weighted by Gasteiger charge is 2.53. The van der Waals surface area contributed by atoms with Crippen LogP contribution in [-0.2, 0) is 38.3 Å². The number of anilines is 2. The Bertz CT molecular complexity index is 1640. The quantitative estimate of drug-likeness (QED) is 0.0344. The molecule has 0 saturated carbocycles. The normalized spacial score (nSPS) is 16.6. The topological polar surface area (TPSA) is 153 Å². The van der Waals surface area contributed by atoms with Gasteiger partial charge in [0, 0.05) is 36.6 Å². The molecule has 1 fully saturated rings. The van der Waals surface area contributed by atoms with Crippen molar-refractivity contribution in [2.45, 2.75) is 64.6 Å². The van der Waals surface area contributed by atoms with Gasteiger partial charge in [-0.05, 0) is 61.9 Å². The van der Waals surface area contributed by atoms with Gasteiger partial charge >= 0.3 is 5.97 Å². The van der Waals surface area contributed by atoms with Crippen LogP contribution in [0, 0.1) is 0 Å². The number of imidazole rings is 1. The zero-order chi connectivity index (χ0) is 33.2. The number of nitrogens with one attached hydrogen (secondary N) is 1. The number of unbranched alkanes of at least 4 members (excludes halogenated alkanes) is 3. The Morgan fingerprint density at radius 1 is 1.17 bits per heavy atom. The first kappa shape index (κ1) is 33.8. The highest BCUT2D eigenvalue weighted by atomic mass is 16.6. The first-order valence-corrected chi connectivity index (χ1v) is 16.3. The number of hydrogen-bond donors (Lipinski definition) is 3. The molecular weight excluding hydrogens is 598 g/mol. The van der Waals surface area contributed by atoms with Crippen molar-refractivity contribution in [2.24, 2.45) is 17.8 Å². The number of rotatable bonds is 18. The third kappa shape index (κ3) is 8.45. The molecule has 2 atom stereocenters. The van der Waals surface area contributed by atoms with E-state index in [9.17, 15) is 9.90 Å².